The van der Waals surface area contributed by atoms with E-state index in [0.29, 0.717) is 17.3 Å². The van der Waals surface area contributed by atoms with Crippen molar-refractivity contribution >= 4 is 22.6 Å². The van der Waals surface area contributed by atoms with E-state index in [2.05, 4.69) is 41.3 Å². The highest BCUT2D eigenvalue weighted by molar-refractivity contribution is 5.89. The second-order valence-electron chi connectivity index (χ2n) is 9.82. The summed E-state index contributed by atoms with van der Waals surface area (Å²) in [5, 5.41) is 22.4. The van der Waals surface area contributed by atoms with Crippen LogP contribution in [0.3, 0.4) is 0 Å². The third-order valence-electron chi connectivity index (χ3n) is 5.05. The molecule has 4 aromatic rings. The number of pyridine rings is 2. The molecule has 0 saturated heterocycles. The van der Waals surface area contributed by atoms with Crippen LogP contribution in [0.25, 0.3) is 22.5 Å². The summed E-state index contributed by atoms with van der Waals surface area (Å²) in [4.78, 5) is 8.97. The van der Waals surface area contributed by atoms with Gasteiger partial charge in [-0.3, -0.25) is 4.98 Å². The molecular formula is C25H29N5O3. The van der Waals surface area contributed by atoms with E-state index in [0.717, 1.165) is 27.7 Å². The number of nitrogens with one attached hydrogen (secondary N) is 1. The summed E-state index contributed by atoms with van der Waals surface area (Å²) in [6.07, 6.45) is 3.37. The van der Waals surface area contributed by atoms with Crippen molar-refractivity contribution in [3.8, 4) is 17.3 Å². The Morgan fingerprint density at radius 2 is 1.88 bits per heavy atom. The van der Waals surface area contributed by atoms with Crippen LogP contribution >= 0.6 is 0 Å². The maximum Gasteiger partial charge on any atom is 0.320 e. The number of aromatic nitrogens is 4. The van der Waals surface area contributed by atoms with Crippen molar-refractivity contribution in [3.63, 3.8) is 0 Å². The molecule has 0 saturated carbocycles. The fourth-order valence-electron chi connectivity index (χ4n) is 3.43. The standard InChI is InChI=1S/C25H29N5O3/c1-15-10-20(22-29-30-23(33-22)27-16-8-7-9-26-13-16)28-21-18(15)11-17(32-14-25(5,6)31)12-19(21)24(2,3)4/h7-13,31H,14H2,1-6H3,(H,27,30). The number of nitrogens with zero attached hydrogens (tertiary/aromatic N) is 4. The molecule has 0 atom stereocenters. The summed E-state index contributed by atoms with van der Waals surface area (Å²) in [7, 11) is 0. The molecule has 0 spiro atoms. The number of benzene rings is 1. The van der Waals surface area contributed by atoms with Gasteiger partial charge in [0.15, 0.2) is 0 Å². The average Bonchev–Trinajstić information content (AvgIpc) is 3.20. The first-order valence-corrected chi connectivity index (χ1v) is 10.8. The lowest BCUT2D eigenvalue weighted by Crippen LogP contribution is -2.28. The summed E-state index contributed by atoms with van der Waals surface area (Å²) in [5.74, 6) is 1.03. The SMILES string of the molecule is Cc1cc(-c2nnc(Nc3cccnc3)o2)nc2c(C(C)(C)C)cc(OCC(C)(C)O)cc12. The molecule has 0 aliphatic carbocycles. The third-order valence-corrected chi connectivity index (χ3v) is 5.05. The summed E-state index contributed by atoms with van der Waals surface area (Å²) in [6.45, 7) is 12.1. The van der Waals surface area contributed by atoms with Gasteiger partial charge in [-0.1, -0.05) is 25.9 Å². The topological polar surface area (TPSA) is 106 Å². The molecule has 3 aromatic heterocycles. The van der Waals surface area contributed by atoms with Gasteiger partial charge in [0, 0.05) is 11.6 Å². The molecule has 0 bridgehead atoms. The van der Waals surface area contributed by atoms with Crippen molar-refractivity contribution in [2.45, 2.75) is 52.6 Å². The van der Waals surface area contributed by atoms with E-state index in [4.69, 9.17) is 14.1 Å². The molecule has 0 aliphatic heterocycles. The molecule has 0 radical (unpaired) electrons. The lowest BCUT2D eigenvalue weighted by atomic mass is 9.84. The van der Waals surface area contributed by atoms with Crippen LogP contribution in [-0.2, 0) is 5.41 Å². The Morgan fingerprint density at radius 3 is 2.55 bits per heavy atom. The first kappa shape index (κ1) is 22.7. The predicted octanol–water partition coefficient (Wildman–Crippen LogP) is 5.18. The zero-order chi connectivity index (χ0) is 23.8. The molecule has 0 aliphatic rings. The Morgan fingerprint density at radius 1 is 1.09 bits per heavy atom. The molecule has 1 aromatic carbocycles. The lowest BCUT2D eigenvalue weighted by Gasteiger charge is -2.24. The zero-order valence-corrected chi connectivity index (χ0v) is 19.8. The number of anilines is 2. The van der Waals surface area contributed by atoms with E-state index < -0.39 is 5.60 Å². The fraction of sp³-hybridized carbons (Fsp3) is 0.360. The summed E-state index contributed by atoms with van der Waals surface area (Å²) >= 11 is 0. The van der Waals surface area contributed by atoms with E-state index >= 15 is 0 Å². The smallest absolute Gasteiger partial charge is 0.320 e. The molecule has 172 valence electrons. The van der Waals surface area contributed by atoms with E-state index in [1.165, 1.54) is 0 Å². The van der Waals surface area contributed by atoms with E-state index in [1.807, 2.05) is 37.3 Å². The van der Waals surface area contributed by atoms with E-state index in [9.17, 15) is 5.11 Å². The lowest BCUT2D eigenvalue weighted by molar-refractivity contribution is 0.0285. The minimum Gasteiger partial charge on any atom is -0.491 e. The van der Waals surface area contributed by atoms with Gasteiger partial charge < -0.3 is 19.6 Å². The molecule has 3 heterocycles. The van der Waals surface area contributed by atoms with Gasteiger partial charge in [-0.05, 0) is 67.6 Å². The zero-order valence-electron chi connectivity index (χ0n) is 19.8. The predicted molar refractivity (Wildman–Crippen MR) is 128 cm³/mol. The van der Waals surface area contributed by atoms with Crippen molar-refractivity contribution in [2.75, 3.05) is 11.9 Å². The molecule has 33 heavy (non-hydrogen) atoms. The highest BCUT2D eigenvalue weighted by Gasteiger charge is 2.23. The molecule has 8 nitrogen and oxygen atoms in total. The minimum absolute atomic E-state index is 0.188. The number of aliphatic hydroxyl groups is 1. The molecule has 0 unspecified atom stereocenters. The van der Waals surface area contributed by atoms with Crippen LogP contribution < -0.4 is 10.1 Å². The molecule has 0 fully saturated rings. The van der Waals surface area contributed by atoms with Crippen LogP contribution in [0.4, 0.5) is 11.7 Å². The van der Waals surface area contributed by atoms with Gasteiger partial charge in [0.2, 0.25) is 0 Å². The Balaban J connectivity index is 1.74. The molecule has 0 amide bonds. The normalized spacial score (nSPS) is 12.2. The number of hydrogen-bond donors (Lipinski definition) is 2. The third kappa shape index (κ3) is 5.28. The second kappa shape index (κ2) is 8.44. The summed E-state index contributed by atoms with van der Waals surface area (Å²) in [6, 6.07) is 9.84. The van der Waals surface area contributed by atoms with Gasteiger partial charge in [-0.15, -0.1) is 5.10 Å². The number of hydrogen-bond acceptors (Lipinski definition) is 8. The Labute approximate surface area is 193 Å². The van der Waals surface area contributed by atoms with Crippen LogP contribution in [0.5, 0.6) is 5.75 Å². The average molecular weight is 448 g/mol. The first-order chi connectivity index (χ1) is 15.5. The number of rotatable bonds is 6. The highest BCUT2D eigenvalue weighted by Crippen LogP contribution is 2.36. The van der Waals surface area contributed by atoms with Gasteiger partial charge in [0.05, 0.1) is 23.0 Å². The van der Waals surface area contributed by atoms with Crippen molar-refractivity contribution in [1.29, 1.82) is 0 Å². The first-order valence-electron chi connectivity index (χ1n) is 10.8. The molecule has 8 heteroatoms. The number of ether oxygens (including phenoxy) is 1. The Kier molecular flexibility index (Phi) is 5.80. The van der Waals surface area contributed by atoms with Crippen LogP contribution in [-0.4, -0.2) is 37.5 Å². The Hall–Kier alpha value is -3.52. The van der Waals surface area contributed by atoms with Crippen molar-refractivity contribution < 1.29 is 14.3 Å². The maximum atomic E-state index is 10.1. The largest absolute Gasteiger partial charge is 0.491 e. The van der Waals surface area contributed by atoms with Crippen LogP contribution in [0.1, 0.15) is 45.7 Å². The summed E-state index contributed by atoms with van der Waals surface area (Å²) < 4.78 is 11.7. The van der Waals surface area contributed by atoms with Crippen molar-refractivity contribution in [2.24, 2.45) is 0 Å². The van der Waals surface area contributed by atoms with Gasteiger partial charge in [0.1, 0.15) is 18.1 Å². The van der Waals surface area contributed by atoms with E-state index in [1.54, 1.807) is 26.2 Å². The number of aryl methyl sites for hydroxylation is 1. The molecule has 4 rings (SSSR count). The fourth-order valence-corrected chi connectivity index (χ4v) is 3.43. The van der Waals surface area contributed by atoms with Crippen LogP contribution in [0.2, 0.25) is 0 Å². The van der Waals surface area contributed by atoms with E-state index in [-0.39, 0.29) is 18.0 Å². The van der Waals surface area contributed by atoms with Gasteiger partial charge in [0.25, 0.3) is 5.89 Å². The molecular weight excluding hydrogens is 418 g/mol. The minimum atomic E-state index is -0.923. The Bertz CT molecular complexity index is 1270. The van der Waals surface area contributed by atoms with Crippen LogP contribution in [0, 0.1) is 6.92 Å². The van der Waals surface area contributed by atoms with Gasteiger partial charge in [-0.2, -0.15) is 0 Å². The summed E-state index contributed by atoms with van der Waals surface area (Å²) in [5.41, 5.74) is 3.14. The van der Waals surface area contributed by atoms with Gasteiger partial charge in [-0.25, -0.2) is 4.98 Å². The van der Waals surface area contributed by atoms with Crippen LogP contribution in [0.15, 0.2) is 47.1 Å². The maximum absolute atomic E-state index is 10.1. The monoisotopic (exact) mass is 447 g/mol. The second-order valence-corrected chi connectivity index (χ2v) is 9.82. The highest BCUT2D eigenvalue weighted by atomic mass is 16.5. The van der Waals surface area contributed by atoms with Crippen molar-refractivity contribution in [1.82, 2.24) is 20.2 Å². The number of fused-ring (bicyclic) bond motifs is 1. The van der Waals surface area contributed by atoms with Gasteiger partial charge >= 0.3 is 6.01 Å². The quantitative estimate of drug-likeness (QED) is 0.416. The van der Waals surface area contributed by atoms with Crippen molar-refractivity contribution in [3.05, 3.63) is 53.9 Å². The molecule has 2 N–H and O–H groups in total.